The van der Waals surface area contributed by atoms with Crippen molar-refractivity contribution in [2.24, 2.45) is 0 Å². The van der Waals surface area contributed by atoms with Crippen LogP contribution in [0.2, 0.25) is 0 Å². The Hall–Kier alpha value is -3.74. The number of carbonyl (C=O) groups is 1. The topological polar surface area (TPSA) is 78.8 Å². The average Bonchev–Trinajstić information content (AvgIpc) is 2.73. The van der Waals surface area contributed by atoms with Crippen molar-refractivity contribution in [1.29, 1.82) is 0 Å². The third-order valence-corrected chi connectivity index (χ3v) is 4.25. The summed E-state index contributed by atoms with van der Waals surface area (Å²) in [6.45, 7) is 2.19. The molecule has 0 saturated carbocycles. The van der Waals surface area contributed by atoms with Crippen LogP contribution in [0.3, 0.4) is 0 Å². The van der Waals surface area contributed by atoms with Crippen molar-refractivity contribution < 1.29 is 19.1 Å². The largest absolute Gasteiger partial charge is 0.493 e. The zero-order chi connectivity index (χ0) is 20.8. The number of pyridine rings is 1. The van der Waals surface area contributed by atoms with Crippen LogP contribution in [0.4, 0.5) is 5.69 Å². The highest BCUT2D eigenvalue weighted by atomic mass is 16.7. The normalized spacial score (nSPS) is 10.3. The number of hydrogen-bond acceptors (Lipinski definition) is 5. The Balaban J connectivity index is 1.76. The number of aryl methyl sites for hydroxylation is 1. The van der Waals surface area contributed by atoms with Crippen molar-refractivity contribution in [1.82, 2.24) is 4.73 Å². The molecular formula is C22H22N2O5. The van der Waals surface area contributed by atoms with Crippen LogP contribution in [0, 0.1) is 6.92 Å². The van der Waals surface area contributed by atoms with E-state index in [9.17, 15) is 9.59 Å². The SMILES string of the molecule is COc1ccc(NC(=O)c2cccn(OCc3cccc(C)c3)c2=O)cc1OC. The quantitative estimate of drug-likeness (QED) is 0.666. The van der Waals surface area contributed by atoms with E-state index in [1.807, 2.05) is 31.2 Å². The van der Waals surface area contributed by atoms with Gasteiger partial charge in [0, 0.05) is 18.0 Å². The number of amides is 1. The van der Waals surface area contributed by atoms with Crippen molar-refractivity contribution >= 4 is 11.6 Å². The highest BCUT2D eigenvalue weighted by molar-refractivity contribution is 6.04. The van der Waals surface area contributed by atoms with Gasteiger partial charge in [0.25, 0.3) is 11.5 Å². The number of methoxy groups -OCH3 is 2. The third kappa shape index (κ3) is 4.76. The van der Waals surface area contributed by atoms with Gasteiger partial charge in [-0.2, -0.15) is 4.73 Å². The zero-order valence-electron chi connectivity index (χ0n) is 16.5. The lowest BCUT2D eigenvalue weighted by molar-refractivity contribution is 0.0863. The lowest BCUT2D eigenvalue weighted by atomic mass is 10.1. The molecule has 29 heavy (non-hydrogen) atoms. The number of hydrogen-bond donors (Lipinski definition) is 1. The molecule has 2 aromatic carbocycles. The Labute approximate surface area is 168 Å². The lowest BCUT2D eigenvalue weighted by Crippen LogP contribution is -2.32. The Morgan fingerprint density at radius 3 is 2.52 bits per heavy atom. The minimum absolute atomic E-state index is 0.0356. The summed E-state index contributed by atoms with van der Waals surface area (Å²) in [5, 5.41) is 2.69. The minimum atomic E-state index is -0.546. The number of ether oxygens (including phenoxy) is 2. The Kier molecular flexibility index (Phi) is 6.19. The van der Waals surface area contributed by atoms with Gasteiger partial charge in [-0.25, -0.2) is 0 Å². The van der Waals surface area contributed by atoms with Gasteiger partial charge in [0.05, 0.1) is 14.2 Å². The summed E-state index contributed by atoms with van der Waals surface area (Å²) in [6, 6.07) is 15.8. The van der Waals surface area contributed by atoms with Crippen molar-refractivity contribution in [2.45, 2.75) is 13.5 Å². The molecule has 1 N–H and O–H groups in total. The maximum absolute atomic E-state index is 12.6. The molecule has 1 heterocycles. The van der Waals surface area contributed by atoms with E-state index in [1.165, 1.54) is 26.5 Å². The maximum atomic E-state index is 12.6. The van der Waals surface area contributed by atoms with Gasteiger partial charge in [0.1, 0.15) is 12.2 Å². The molecule has 0 bridgehead atoms. The number of aromatic nitrogens is 1. The van der Waals surface area contributed by atoms with E-state index in [0.717, 1.165) is 15.9 Å². The first-order valence-corrected chi connectivity index (χ1v) is 8.95. The number of nitrogens with one attached hydrogen (secondary N) is 1. The van der Waals surface area contributed by atoms with Crippen LogP contribution in [0.1, 0.15) is 21.5 Å². The van der Waals surface area contributed by atoms with E-state index in [0.29, 0.717) is 17.2 Å². The fraction of sp³-hybridized carbons (Fsp3) is 0.182. The Morgan fingerprint density at radius 1 is 1.00 bits per heavy atom. The highest BCUT2D eigenvalue weighted by Gasteiger charge is 2.14. The number of rotatable bonds is 7. The third-order valence-electron chi connectivity index (χ3n) is 4.25. The summed E-state index contributed by atoms with van der Waals surface area (Å²) in [5.41, 5.74) is 1.92. The first-order valence-electron chi connectivity index (χ1n) is 8.95. The van der Waals surface area contributed by atoms with Crippen LogP contribution in [0.15, 0.2) is 65.6 Å². The van der Waals surface area contributed by atoms with Crippen molar-refractivity contribution in [3.8, 4) is 11.5 Å². The standard InChI is InChI=1S/C22H22N2O5/c1-15-6-4-7-16(12-15)14-29-24-11-5-8-18(22(24)26)21(25)23-17-9-10-19(27-2)20(13-17)28-3/h4-13H,14H2,1-3H3,(H,23,25). The molecule has 3 rings (SSSR count). The predicted octanol–water partition coefficient (Wildman–Crippen LogP) is 3.06. The van der Waals surface area contributed by atoms with E-state index in [-0.39, 0.29) is 12.2 Å². The molecule has 0 atom stereocenters. The molecule has 0 aliphatic heterocycles. The van der Waals surface area contributed by atoms with E-state index in [4.69, 9.17) is 14.3 Å². The molecule has 0 aliphatic carbocycles. The average molecular weight is 394 g/mol. The van der Waals surface area contributed by atoms with Crippen LogP contribution in [0.5, 0.6) is 11.5 Å². The van der Waals surface area contributed by atoms with Crippen LogP contribution < -0.4 is 25.2 Å². The number of benzene rings is 2. The molecule has 0 radical (unpaired) electrons. The van der Waals surface area contributed by atoms with Crippen LogP contribution in [-0.4, -0.2) is 24.9 Å². The van der Waals surface area contributed by atoms with E-state index in [1.54, 1.807) is 24.3 Å². The summed E-state index contributed by atoms with van der Waals surface area (Å²) in [6.07, 6.45) is 1.48. The van der Waals surface area contributed by atoms with Gasteiger partial charge in [-0.1, -0.05) is 29.8 Å². The molecule has 1 amide bonds. The first-order chi connectivity index (χ1) is 14.0. The molecule has 1 aromatic heterocycles. The molecule has 7 heteroatoms. The number of carbonyl (C=O) groups excluding carboxylic acids is 1. The molecular weight excluding hydrogens is 372 g/mol. The maximum Gasteiger partial charge on any atom is 0.295 e. The molecule has 0 aliphatic rings. The van der Waals surface area contributed by atoms with Crippen LogP contribution in [0.25, 0.3) is 0 Å². The Morgan fingerprint density at radius 2 is 1.79 bits per heavy atom. The van der Waals surface area contributed by atoms with Gasteiger partial charge in [-0.3, -0.25) is 9.59 Å². The van der Waals surface area contributed by atoms with Gasteiger partial charge in [0.2, 0.25) is 0 Å². The smallest absolute Gasteiger partial charge is 0.295 e. The van der Waals surface area contributed by atoms with Gasteiger partial charge in [0.15, 0.2) is 11.5 Å². The molecule has 0 fully saturated rings. The minimum Gasteiger partial charge on any atom is -0.493 e. The molecule has 0 saturated heterocycles. The molecule has 0 spiro atoms. The number of anilines is 1. The Bertz CT molecular complexity index is 1070. The highest BCUT2D eigenvalue weighted by Crippen LogP contribution is 2.29. The molecule has 150 valence electrons. The zero-order valence-corrected chi connectivity index (χ0v) is 16.5. The van der Waals surface area contributed by atoms with Gasteiger partial charge in [-0.05, 0) is 36.8 Å². The van der Waals surface area contributed by atoms with Crippen molar-refractivity contribution in [3.63, 3.8) is 0 Å². The van der Waals surface area contributed by atoms with Gasteiger partial charge < -0.3 is 19.6 Å². The monoisotopic (exact) mass is 394 g/mol. The predicted molar refractivity (Wildman–Crippen MR) is 110 cm³/mol. The first kappa shape index (κ1) is 20.0. The molecule has 3 aromatic rings. The fourth-order valence-corrected chi connectivity index (χ4v) is 2.81. The second-order valence-electron chi connectivity index (χ2n) is 6.34. The van der Waals surface area contributed by atoms with E-state index < -0.39 is 11.5 Å². The van der Waals surface area contributed by atoms with Gasteiger partial charge >= 0.3 is 0 Å². The molecule has 7 nitrogen and oxygen atoms in total. The van der Waals surface area contributed by atoms with E-state index >= 15 is 0 Å². The van der Waals surface area contributed by atoms with Crippen molar-refractivity contribution in [3.05, 3.63) is 87.8 Å². The summed E-state index contributed by atoms with van der Waals surface area (Å²) in [4.78, 5) is 30.8. The fourth-order valence-electron chi connectivity index (χ4n) is 2.81. The van der Waals surface area contributed by atoms with E-state index in [2.05, 4.69) is 5.32 Å². The second-order valence-corrected chi connectivity index (χ2v) is 6.34. The van der Waals surface area contributed by atoms with Gasteiger partial charge in [-0.15, -0.1) is 0 Å². The van der Waals surface area contributed by atoms with Crippen molar-refractivity contribution in [2.75, 3.05) is 19.5 Å². The lowest BCUT2D eigenvalue weighted by Gasteiger charge is -2.12. The summed E-state index contributed by atoms with van der Waals surface area (Å²) in [5.74, 6) is 0.463. The number of nitrogens with zero attached hydrogens (tertiary/aromatic N) is 1. The van der Waals surface area contributed by atoms with Crippen LogP contribution >= 0.6 is 0 Å². The summed E-state index contributed by atoms with van der Waals surface area (Å²) in [7, 11) is 3.03. The second kappa shape index (κ2) is 8.97. The molecule has 0 unspecified atom stereocenters. The summed E-state index contributed by atoms with van der Waals surface area (Å²) >= 11 is 0. The summed E-state index contributed by atoms with van der Waals surface area (Å²) < 4.78 is 11.5. The van der Waals surface area contributed by atoms with Crippen LogP contribution in [-0.2, 0) is 6.61 Å².